The summed E-state index contributed by atoms with van der Waals surface area (Å²) in [6, 6.07) is 13.2. The summed E-state index contributed by atoms with van der Waals surface area (Å²) in [6.45, 7) is 10.9. The normalized spacial score (nSPS) is 12.7. The van der Waals surface area contributed by atoms with Gasteiger partial charge in [-0.3, -0.25) is 0 Å². The molecule has 1 atom stereocenters. The minimum absolute atomic E-state index is 0.0429. The molecule has 112 valence electrons. The fraction of sp³-hybridized carbons (Fsp3) is 0.400. The maximum atomic E-state index is 6.52. The maximum absolute atomic E-state index is 6.52. The van der Waals surface area contributed by atoms with Gasteiger partial charge < -0.3 is 5.73 Å². The highest BCUT2D eigenvalue weighted by atomic mass is 14.6. The monoisotopic (exact) mass is 281 g/mol. The SMILES string of the molecule is Cc1cc(C)c(C(N)c2ccc(CC(C)C)cc2)c(C)c1. The molecule has 0 aliphatic heterocycles. The van der Waals surface area contributed by atoms with Gasteiger partial charge in [-0.1, -0.05) is 55.8 Å². The Morgan fingerprint density at radius 2 is 1.43 bits per heavy atom. The zero-order valence-corrected chi connectivity index (χ0v) is 13.9. The molecule has 0 fully saturated rings. The molecule has 1 heteroatoms. The Morgan fingerprint density at radius 1 is 0.905 bits per heavy atom. The molecule has 21 heavy (non-hydrogen) atoms. The summed E-state index contributed by atoms with van der Waals surface area (Å²) >= 11 is 0. The van der Waals surface area contributed by atoms with Crippen molar-refractivity contribution in [3.63, 3.8) is 0 Å². The minimum Gasteiger partial charge on any atom is -0.320 e. The Labute approximate surface area is 129 Å². The van der Waals surface area contributed by atoms with Crippen LogP contribution in [-0.4, -0.2) is 0 Å². The molecule has 0 amide bonds. The van der Waals surface area contributed by atoms with E-state index in [0.717, 1.165) is 6.42 Å². The van der Waals surface area contributed by atoms with Crippen molar-refractivity contribution >= 4 is 0 Å². The van der Waals surface area contributed by atoms with Crippen LogP contribution in [0.15, 0.2) is 36.4 Å². The molecule has 0 aliphatic rings. The molecule has 2 rings (SSSR count). The average Bonchev–Trinajstić information content (AvgIpc) is 2.37. The van der Waals surface area contributed by atoms with Gasteiger partial charge in [-0.05, 0) is 60.9 Å². The van der Waals surface area contributed by atoms with Crippen LogP contribution in [0, 0.1) is 26.7 Å². The van der Waals surface area contributed by atoms with Gasteiger partial charge in [0.05, 0.1) is 6.04 Å². The summed E-state index contributed by atoms with van der Waals surface area (Å²) in [6.07, 6.45) is 1.12. The second-order valence-corrected chi connectivity index (χ2v) is 6.63. The third-order valence-corrected chi connectivity index (χ3v) is 4.03. The molecular formula is C20H27N. The fourth-order valence-corrected chi connectivity index (χ4v) is 3.18. The number of aryl methyl sites for hydroxylation is 3. The van der Waals surface area contributed by atoms with Gasteiger partial charge in [0.1, 0.15) is 0 Å². The van der Waals surface area contributed by atoms with Gasteiger partial charge in [0.25, 0.3) is 0 Å². The summed E-state index contributed by atoms with van der Waals surface area (Å²) in [7, 11) is 0. The summed E-state index contributed by atoms with van der Waals surface area (Å²) < 4.78 is 0. The van der Waals surface area contributed by atoms with Crippen LogP contribution in [0.5, 0.6) is 0 Å². The van der Waals surface area contributed by atoms with Gasteiger partial charge in [-0.2, -0.15) is 0 Å². The zero-order chi connectivity index (χ0) is 15.6. The lowest BCUT2D eigenvalue weighted by molar-refractivity contribution is 0.647. The fourth-order valence-electron chi connectivity index (χ4n) is 3.18. The summed E-state index contributed by atoms with van der Waals surface area (Å²) in [5, 5.41) is 0. The van der Waals surface area contributed by atoms with E-state index < -0.39 is 0 Å². The summed E-state index contributed by atoms with van der Waals surface area (Å²) in [5.41, 5.74) is 14.2. The quantitative estimate of drug-likeness (QED) is 0.851. The van der Waals surface area contributed by atoms with Gasteiger partial charge in [-0.15, -0.1) is 0 Å². The molecular weight excluding hydrogens is 254 g/mol. The highest BCUT2D eigenvalue weighted by Crippen LogP contribution is 2.27. The van der Waals surface area contributed by atoms with Crippen LogP contribution in [0.25, 0.3) is 0 Å². The predicted molar refractivity (Wildman–Crippen MR) is 91.7 cm³/mol. The van der Waals surface area contributed by atoms with E-state index in [-0.39, 0.29) is 6.04 Å². The van der Waals surface area contributed by atoms with E-state index in [4.69, 9.17) is 5.73 Å². The highest BCUT2D eigenvalue weighted by Gasteiger charge is 2.14. The van der Waals surface area contributed by atoms with E-state index >= 15 is 0 Å². The van der Waals surface area contributed by atoms with Crippen molar-refractivity contribution in [3.8, 4) is 0 Å². The summed E-state index contributed by atoms with van der Waals surface area (Å²) in [4.78, 5) is 0. The van der Waals surface area contributed by atoms with Crippen LogP contribution in [0.3, 0.4) is 0 Å². The van der Waals surface area contributed by atoms with Gasteiger partial charge in [0.15, 0.2) is 0 Å². The maximum Gasteiger partial charge on any atom is 0.0556 e. The van der Waals surface area contributed by atoms with E-state index in [1.807, 2.05) is 0 Å². The smallest absolute Gasteiger partial charge is 0.0556 e. The van der Waals surface area contributed by atoms with E-state index in [1.54, 1.807) is 0 Å². The van der Waals surface area contributed by atoms with Gasteiger partial charge >= 0.3 is 0 Å². The molecule has 0 aliphatic carbocycles. The van der Waals surface area contributed by atoms with E-state index in [0.29, 0.717) is 5.92 Å². The second-order valence-electron chi connectivity index (χ2n) is 6.63. The van der Waals surface area contributed by atoms with Crippen molar-refractivity contribution in [1.82, 2.24) is 0 Å². The second kappa shape index (κ2) is 6.44. The third-order valence-electron chi connectivity index (χ3n) is 4.03. The Hall–Kier alpha value is -1.60. The number of hydrogen-bond donors (Lipinski definition) is 1. The first kappa shape index (κ1) is 15.8. The first-order valence-corrected chi connectivity index (χ1v) is 7.80. The van der Waals surface area contributed by atoms with Crippen molar-refractivity contribution < 1.29 is 0 Å². The van der Waals surface area contributed by atoms with Crippen LogP contribution < -0.4 is 5.73 Å². The van der Waals surface area contributed by atoms with Crippen molar-refractivity contribution in [3.05, 3.63) is 69.8 Å². The molecule has 0 radical (unpaired) electrons. The van der Waals surface area contributed by atoms with E-state index in [9.17, 15) is 0 Å². The topological polar surface area (TPSA) is 26.0 Å². The molecule has 0 saturated carbocycles. The van der Waals surface area contributed by atoms with Crippen molar-refractivity contribution in [1.29, 1.82) is 0 Å². The van der Waals surface area contributed by atoms with Gasteiger partial charge in [-0.25, -0.2) is 0 Å². The standard InChI is InChI=1S/C20H27N/c1-13(2)10-17-6-8-18(9-7-17)20(21)19-15(4)11-14(3)12-16(19)5/h6-9,11-13,20H,10,21H2,1-5H3. The Balaban J connectivity index is 2.30. The first-order chi connectivity index (χ1) is 9.88. The lowest BCUT2D eigenvalue weighted by Crippen LogP contribution is -2.15. The molecule has 2 N–H and O–H groups in total. The van der Waals surface area contributed by atoms with Crippen LogP contribution in [-0.2, 0) is 6.42 Å². The van der Waals surface area contributed by atoms with E-state index in [2.05, 4.69) is 71.0 Å². The predicted octanol–water partition coefficient (Wildman–Crippen LogP) is 4.86. The molecule has 0 heterocycles. The number of rotatable bonds is 4. The molecule has 1 unspecified atom stereocenters. The van der Waals surface area contributed by atoms with Gasteiger partial charge in [0.2, 0.25) is 0 Å². The number of nitrogens with two attached hydrogens (primary N) is 1. The van der Waals surface area contributed by atoms with Gasteiger partial charge in [0, 0.05) is 0 Å². The molecule has 1 nitrogen and oxygen atoms in total. The molecule has 0 saturated heterocycles. The first-order valence-electron chi connectivity index (χ1n) is 7.80. The molecule has 0 aromatic heterocycles. The van der Waals surface area contributed by atoms with E-state index in [1.165, 1.54) is 33.4 Å². The van der Waals surface area contributed by atoms with Crippen LogP contribution in [0.2, 0.25) is 0 Å². The van der Waals surface area contributed by atoms with Crippen LogP contribution in [0.1, 0.15) is 53.3 Å². The number of benzene rings is 2. The summed E-state index contributed by atoms with van der Waals surface area (Å²) in [5.74, 6) is 0.686. The number of hydrogen-bond acceptors (Lipinski definition) is 1. The largest absolute Gasteiger partial charge is 0.320 e. The average molecular weight is 281 g/mol. The lowest BCUT2D eigenvalue weighted by Gasteiger charge is -2.19. The third kappa shape index (κ3) is 3.74. The highest BCUT2D eigenvalue weighted by molar-refractivity contribution is 5.44. The Bertz CT molecular complexity index is 585. The minimum atomic E-state index is -0.0429. The molecule has 0 bridgehead atoms. The molecule has 2 aromatic rings. The van der Waals surface area contributed by atoms with Crippen molar-refractivity contribution in [2.45, 2.75) is 47.1 Å². The molecule has 2 aromatic carbocycles. The lowest BCUT2D eigenvalue weighted by atomic mass is 9.90. The molecule has 0 spiro atoms. The van der Waals surface area contributed by atoms with Crippen LogP contribution >= 0.6 is 0 Å². The Morgan fingerprint density at radius 3 is 1.90 bits per heavy atom. The van der Waals surface area contributed by atoms with Crippen LogP contribution in [0.4, 0.5) is 0 Å². The van der Waals surface area contributed by atoms with Crippen molar-refractivity contribution in [2.24, 2.45) is 11.7 Å². The zero-order valence-electron chi connectivity index (χ0n) is 13.9. The van der Waals surface area contributed by atoms with Crippen molar-refractivity contribution in [2.75, 3.05) is 0 Å². The Kier molecular flexibility index (Phi) is 4.84.